The molecule has 1 atom stereocenters. The first kappa shape index (κ1) is 13.9. The summed E-state index contributed by atoms with van der Waals surface area (Å²) in [5.74, 6) is -0.340. The Morgan fingerprint density at radius 3 is 2.33 bits per heavy atom. The largest absolute Gasteiger partial charge is 0.370 e. The maximum atomic E-state index is 11.7. The molecule has 0 aromatic rings. The van der Waals surface area contributed by atoms with Gasteiger partial charge in [-0.3, -0.25) is 9.59 Å². The lowest BCUT2D eigenvalue weighted by Gasteiger charge is -2.16. The van der Waals surface area contributed by atoms with Crippen molar-refractivity contribution in [3.63, 3.8) is 0 Å². The van der Waals surface area contributed by atoms with Crippen LogP contribution in [0.5, 0.6) is 0 Å². The Morgan fingerprint density at radius 1 is 1.33 bits per heavy atom. The fourth-order valence-corrected chi connectivity index (χ4v) is 1.49. The van der Waals surface area contributed by atoms with Crippen LogP contribution in [0.15, 0.2) is 0 Å². The summed E-state index contributed by atoms with van der Waals surface area (Å²) in [5, 5.41) is 2.80. The minimum absolute atomic E-state index is 0.0515. The fourth-order valence-electron chi connectivity index (χ4n) is 1.49. The summed E-state index contributed by atoms with van der Waals surface area (Å²) in [4.78, 5) is 22.5. The Hall–Kier alpha value is -1.06. The summed E-state index contributed by atoms with van der Waals surface area (Å²) >= 11 is 0. The molecule has 0 saturated carbocycles. The van der Waals surface area contributed by atoms with Gasteiger partial charge in [-0.05, 0) is 18.8 Å². The minimum atomic E-state index is -0.410. The van der Waals surface area contributed by atoms with Crippen LogP contribution in [-0.4, -0.2) is 18.4 Å². The van der Waals surface area contributed by atoms with Crippen LogP contribution in [0.2, 0.25) is 0 Å². The first-order valence-electron chi connectivity index (χ1n) is 5.53. The topological polar surface area (TPSA) is 72.2 Å². The quantitative estimate of drug-likeness (QED) is 0.665. The molecule has 0 spiro atoms. The van der Waals surface area contributed by atoms with Gasteiger partial charge in [0.05, 0.1) is 0 Å². The van der Waals surface area contributed by atoms with Crippen LogP contribution < -0.4 is 11.1 Å². The van der Waals surface area contributed by atoms with Gasteiger partial charge in [0.2, 0.25) is 11.8 Å². The maximum Gasteiger partial charge on any atom is 0.223 e. The molecule has 0 aromatic carbocycles. The van der Waals surface area contributed by atoms with Gasteiger partial charge >= 0.3 is 0 Å². The van der Waals surface area contributed by atoms with E-state index in [1.165, 1.54) is 0 Å². The minimum Gasteiger partial charge on any atom is -0.370 e. The monoisotopic (exact) mass is 214 g/mol. The highest BCUT2D eigenvalue weighted by Crippen LogP contribution is 2.15. The van der Waals surface area contributed by atoms with E-state index in [0.717, 1.165) is 6.42 Å². The van der Waals surface area contributed by atoms with Gasteiger partial charge in [0.25, 0.3) is 0 Å². The van der Waals surface area contributed by atoms with Gasteiger partial charge in [0.1, 0.15) is 0 Å². The third-order valence-corrected chi connectivity index (χ3v) is 2.12. The van der Waals surface area contributed by atoms with Gasteiger partial charge in [0, 0.05) is 18.9 Å². The van der Waals surface area contributed by atoms with Crippen LogP contribution in [0, 0.1) is 11.8 Å². The Labute approximate surface area is 91.6 Å². The average molecular weight is 214 g/mol. The fraction of sp³-hybridized carbons (Fsp3) is 0.818. The highest BCUT2D eigenvalue weighted by molar-refractivity contribution is 5.84. The summed E-state index contributed by atoms with van der Waals surface area (Å²) in [6, 6.07) is 0. The van der Waals surface area contributed by atoms with Crippen molar-refractivity contribution in [3.8, 4) is 0 Å². The Balaban J connectivity index is 4.20. The summed E-state index contributed by atoms with van der Waals surface area (Å²) in [7, 11) is 0. The molecule has 0 aliphatic heterocycles. The molecular formula is C11H22N2O2. The van der Waals surface area contributed by atoms with Gasteiger partial charge in [-0.2, -0.15) is 0 Å². The van der Waals surface area contributed by atoms with Gasteiger partial charge in [-0.15, -0.1) is 0 Å². The normalized spacial score (nSPS) is 12.5. The molecule has 2 amide bonds. The molecule has 15 heavy (non-hydrogen) atoms. The molecular weight excluding hydrogens is 192 g/mol. The lowest BCUT2D eigenvalue weighted by Crippen LogP contribution is -2.34. The molecule has 0 heterocycles. The van der Waals surface area contributed by atoms with E-state index in [0.29, 0.717) is 18.9 Å². The van der Waals surface area contributed by atoms with E-state index in [1.807, 2.05) is 20.8 Å². The Morgan fingerprint density at radius 2 is 1.93 bits per heavy atom. The first-order chi connectivity index (χ1) is 6.97. The maximum absolute atomic E-state index is 11.7. The molecule has 0 aliphatic rings. The van der Waals surface area contributed by atoms with E-state index in [9.17, 15) is 9.59 Å². The summed E-state index contributed by atoms with van der Waals surface area (Å²) < 4.78 is 0. The average Bonchev–Trinajstić information content (AvgIpc) is 2.11. The third-order valence-electron chi connectivity index (χ3n) is 2.12. The smallest absolute Gasteiger partial charge is 0.223 e. The van der Waals surface area contributed by atoms with Crippen molar-refractivity contribution in [2.24, 2.45) is 17.6 Å². The summed E-state index contributed by atoms with van der Waals surface area (Å²) in [5.41, 5.74) is 5.12. The number of primary amides is 1. The summed E-state index contributed by atoms with van der Waals surface area (Å²) in [6.45, 7) is 6.71. The zero-order chi connectivity index (χ0) is 11.8. The lowest BCUT2D eigenvalue weighted by molar-refractivity contribution is -0.129. The first-order valence-corrected chi connectivity index (χ1v) is 5.53. The number of nitrogens with one attached hydrogen (secondary N) is 1. The molecule has 0 bridgehead atoms. The Bertz CT molecular complexity index is 215. The molecule has 0 radical (unpaired) electrons. The number of carbonyl (C=O) groups is 2. The van der Waals surface area contributed by atoms with Gasteiger partial charge in [0.15, 0.2) is 0 Å². The van der Waals surface area contributed by atoms with Crippen LogP contribution in [0.4, 0.5) is 0 Å². The zero-order valence-electron chi connectivity index (χ0n) is 9.88. The van der Waals surface area contributed by atoms with Crippen molar-refractivity contribution in [3.05, 3.63) is 0 Å². The molecule has 0 fully saturated rings. The van der Waals surface area contributed by atoms with Crippen LogP contribution in [-0.2, 0) is 9.59 Å². The standard InChI is InChI=1S/C11H22N2O2/c1-4-5-13-11(15)9(6-8(2)3)7-10(12)14/h8-9H,4-7H2,1-3H3,(H2,12,14)(H,13,15). The number of hydrogen-bond acceptors (Lipinski definition) is 2. The van der Waals surface area contributed by atoms with Gasteiger partial charge < -0.3 is 11.1 Å². The number of amides is 2. The van der Waals surface area contributed by atoms with E-state index in [-0.39, 0.29) is 18.2 Å². The molecule has 0 aliphatic carbocycles. The molecule has 4 nitrogen and oxygen atoms in total. The molecule has 0 rings (SSSR count). The second-order valence-electron chi connectivity index (χ2n) is 4.29. The van der Waals surface area contributed by atoms with Crippen molar-refractivity contribution >= 4 is 11.8 Å². The summed E-state index contributed by atoms with van der Waals surface area (Å²) in [6.07, 6.45) is 1.75. The predicted octanol–water partition coefficient (Wildman–Crippen LogP) is 1.05. The van der Waals surface area contributed by atoms with Crippen LogP contribution in [0.25, 0.3) is 0 Å². The van der Waals surface area contributed by atoms with Crippen LogP contribution in [0.1, 0.15) is 40.0 Å². The molecule has 4 heteroatoms. The van der Waals surface area contributed by atoms with Gasteiger partial charge in [-0.1, -0.05) is 20.8 Å². The predicted molar refractivity (Wildman–Crippen MR) is 60.1 cm³/mol. The van der Waals surface area contributed by atoms with Crippen molar-refractivity contribution in [1.29, 1.82) is 0 Å². The number of carbonyl (C=O) groups excluding carboxylic acids is 2. The van der Waals surface area contributed by atoms with E-state index >= 15 is 0 Å². The second-order valence-corrected chi connectivity index (χ2v) is 4.29. The second kappa shape index (κ2) is 7.26. The highest BCUT2D eigenvalue weighted by Gasteiger charge is 2.21. The van der Waals surface area contributed by atoms with Crippen molar-refractivity contribution < 1.29 is 9.59 Å². The van der Waals surface area contributed by atoms with Crippen molar-refractivity contribution in [2.75, 3.05) is 6.54 Å². The molecule has 0 aromatic heterocycles. The van der Waals surface area contributed by atoms with Crippen molar-refractivity contribution in [2.45, 2.75) is 40.0 Å². The van der Waals surface area contributed by atoms with E-state index in [1.54, 1.807) is 0 Å². The van der Waals surface area contributed by atoms with Crippen LogP contribution >= 0.6 is 0 Å². The highest BCUT2D eigenvalue weighted by atomic mass is 16.2. The van der Waals surface area contributed by atoms with E-state index in [2.05, 4.69) is 5.32 Å². The zero-order valence-corrected chi connectivity index (χ0v) is 9.88. The SMILES string of the molecule is CCCNC(=O)C(CC(N)=O)CC(C)C. The van der Waals surface area contributed by atoms with Crippen LogP contribution in [0.3, 0.4) is 0 Å². The number of rotatable bonds is 7. The van der Waals surface area contributed by atoms with E-state index < -0.39 is 5.91 Å². The Kier molecular flexibility index (Phi) is 6.75. The molecule has 0 saturated heterocycles. The molecule has 88 valence electrons. The van der Waals surface area contributed by atoms with E-state index in [4.69, 9.17) is 5.73 Å². The molecule has 3 N–H and O–H groups in total. The lowest BCUT2D eigenvalue weighted by atomic mass is 9.93. The number of hydrogen-bond donors (Lipinski definition) is 2. The third kappa shape index (κ3) is 6.94. The number of nitrogens with two attached hydrogens (primary N) is 1. The van der Waals surface area contributed by atoms with Gasteiger partial charge in [-0.25, -0.2) is 0 Å². The molecule has 1 unspecified atom stereocenters. The van der Waals surface area contributed by atoms with Crippen molar-refractivity contribution in [1.82, 2.24) is 5.32 Å².